The average Bonchev–Trinajstić information content (AvgIpc) is 2.56. The normalized spacial score (nSPS) is 9.91. The fourth-order valence-electron chi connectivity index (χ4n) is 1.87. The number of carbonyl (C=O) groups excluding carboxylic acids is 2. The van der Waals surface area contributed by atoms with Crippen LogP contribution in [0.5, 0.6) is 5.75 Å². The van der Waals surface area contributed by atoms with Crippen LogP contribution in [0.1, 0.15) is 12.5 Å². The first-order chi connectivity index (χ1) is 10.6. The minimum atomic E-state index is -0.718. The van der Waals surface area contributed by atoms with Gasteiger partial charge in [0.2, 0.25) is 0 Å². The Hall–Kier alpha value is -2.82. The fraction of sp³-hybridized carbons (Fsp3) is 0.176. The Morgan fingerprint density at radius 2 is 1.32 bits per heavy atom. The Labute approximate surface area is 129 Å². The van der Waals surface area contributed by atoms with Crippen LogP contribution < -0.4 is 15.4 Å². The molecular formula is C17H18N2O3. The number of amides is 2. The van der Waals surface area contributed by atoms with Crippen LogP contribution in [0, 0.1) is 0 Å². The molecule has 0 aliphatic rings. The molecule has 0 aromatic heterocycles. The first-order valence-corrected chi connectivity index (χ1v) is 6.97. The molecule has 0 fully saturated rings. The van der Waals surface area contributed by atoms with E-state index in [1.807, 2.05) is 12.1 Å². The summed E-state index contributed by atoms with van der Waals surface area (Å²) in [6.45, 7) is 2.05. The van der Waals surface area contributed by atoms with Gasteiger partial charge in [0.25, 0.3) is 0 Å². The summed E-state index contributed by atoms with van der Waals surface area (Å²) in [5.41, 5.74) is 2.29. The van der Waals surface area contributed by atoms with E-state index in [4.69, 9.17) is 4.74 Å². The van der Waals surface area contributed by atoms with Gasteiger partial charge in [-0.05, 0) is 48.4 Å². The third-order valence-corrected chi connectivity index (χ3v) is 3.17. The minimum absolute atomic E-state index is 0.530. The number of benzene rings is 2. The molecule has 114 valence electrons. The zero-order chi connectivity index (χ0) is 15.9. The van der Waals surface area contributed by atoms with Crippen molar-refractivity contribution in [2.24, 2.45) is 0 Å². The van der Waals surface area contributed by atoms with Gasteiger partial charge in [-0.2, -0.15) is 0 Å². The van der Waals surface area contributed by atoms with E-state index in [0.29, 0.717) is 17.1 Å². The Kier molecular flexibility index (Phi) is 5.14. The smallest absolute Gasteiger partial charge is 0.314 e. The minimum Gasteiger partial charge on any atom is -0.497 e. The van der Waals surface area contributed by atoms with E-state index in [0.717, 1.165) is 6.42 Å². The molecule has 2 aromatic rings. The van der Waals surface area contributed by atoms with Crippen LogP contribution in [0.25, 0.3) is 0 Å². The Balaban J connectivity index is 1.94. The second kappa shape index (κ2) is 7.26. The van der Waals surface area contributed by atoms with Gasteiger partial charge in [0.15, 0.2) is 0 Å². The standard InChI is InChI=1S/C17H18N2O3/c1-3-12-4-6-13(7-5-12)18-16(20)17(21)19-14-8-10-15(22-2)11-9-14/h4-11H,3H2,1-2H3,(H,18,20)(H,19,21). The summed E-state index contributed by atoms with van der Waals surface area (Å²) >= 11 is 0. The largest absolute Gasteiger partial charge is 0.497 e. The molecule has 22 heavy (non-hydrogen) atoms. The van der Waals surface area contributed by atoms with Crippen molar-refractivity contribution in [2.45, 2.75) is 13.3 Å². The van der Waals surface area contributed by atoms with Gasteiger partial charge in [0.05, 0.1) is 7.11 Å². The quantitative estimate of drug-likeness (QED) is 0.853. The maximum absolute atomic E-state index is 11.8. The summed E-state index contributed by atoms with van der Waals surface area (Å²) in [5, 5.41) is 5.09. The lowest BCUT2D eigenvalue weighted by Crippen LogP contribution is -2.29. The van der Waals surface area contributed by atoms with Crippen molar-refractivity contribution < 1.29 is 14.3 Å². The summed E-state index contributed by atoms with van der Waals surface area (Å²) in [7, 11) is 1.56. The van der Waals surface area contributed by atoms with E-state index in [9.17, 15) is 9.59 Å². The molecule has 5 heteroatoms. The number of methoxy groups -OCH3 is 1. The molecule has 0 saturated heterocycles. The molecule has 0 heterocycles. The van der Waals surface area contributed by atoms with Crippen molar-refractivity contribution in [3.05, 3.63) is 54.1 Å². The molecule has 0 atom stereocenters. The van der Waals surface area contributed by atoms with Crippen molar-refractivity contribution in [1.82, 2.24) is 0 Å². The van der Waals surface area contributed by atoms with Gasteiger partial charge in [0, 0.05) is 11.4 Å². The fourth-order valence-corrected chi connectivity index (χ4v) is 1.87. The lowest BCUT2D eigenvalue weighted by molar-refractivity contribution is -0.132. The van der Waals surface area contributed by atoms with Crippen molar-refractivity contribution in [3.63, 3.8) is 0 Å². The number of nitrogens with one attached hydrogen (secondary N) is 2. The van der Waals surface area contributed by atoms with E-state index in [1.165, 1.54) is 5.56 Å². The monoisotopic (exact) mass is 298 g/mol. The van der Waals surface area contributed by atoms with E-state index < -0.39 is 11.8 Å². The molecule has 2 amide bonds. The molecule has 5 nitrogen and oxygen atoms in total. The number of rotatable bonds is 4. The van der Waals surface area contributed by atoms with Crippen LogP contribution in [-0.2, 0) is 16.0 Å². The van der Waals surface area contributed by atoms with Crippen LogP contribution in [0.2, 0.25) is 0 Å². The summed E-state index contributed by atoms with van der Waals surface area (Å²) in [6.07, 6.45) is 0.923. The van der Waals surface area contributed by atoms with E-state index in [1.54, 1.807) is 43.5 Å². The lowest BCUT2D eigenvalue weighted by atomic mass is 10.1. The van der Waals surface area contributed by atoms with Gasteiger partial charge in [-0.3, -0.25) is 9.59 Å². The molecular weight excluding hydrogens is 280 g/mol. The molecule has 0 saturated carbocycles. The van der Waals surface area contributed by atoms with Crippen LogP contribution in [-0.4, -0.2) is 18.9 Å². The van der Waals surface area contributed by atoms with Crippen molar-refractivity contribution >= 4 is 23.2 Å². The van der Waals surface area contributed by atoms with E-state index >= 15 is 0 Å². The number of hydrogen-bond donors (Lipinski definition) is 2. The SMILES string of the molecule is CCc1ccc(NC(=O)C(=O)Nc2ccc(OC)cc2)cc1. The Bertz CT molecular complexity index is 589. The van der Waals surface area contributed by atoms with Crippen molar-refractivity contribution in [2.75, 3.05) is 17.7 Å². The predicted octanol–water partition coefficient (Wildman–Crippen LogP) is 2.83. The summed E-state index contributed by atoms with van der Waals surface area (Å²) in [5.74, 6) is -0.747. The lowest BCUT2D eigenvalue weighted by Gasteiger charge is -2.07. The van der Waals surface area contributed by atoms with Crippen LogP contribution in [0.15, 0.2) is 48.5 Å². The summed E-state index contributed by atoms with van der Waals surface area (Å²) in [4.78, 5) is 23.7. The van der Waals surface area contributed by atoms with Gasteiger partial charge in [-0.25, -0.2) is 0 Å². The highest BCUT2D eigenvalue weighted by molar-refractivity contribution is 6.43. The zero-order valence-electron chi connectivity index (χ0n) is 12.6. The maximum Gasteiger partial charge on any atom is 0.314 e. The number of carbonyl (C=O) groups is 2. The topological polar surface area (TPSA) is 67.4 Å². The second-order valence-corrected chi connectivity index (χ2v) is 4.69. The zero-order valence-corrected chi connectivity index (χ0v) is 12.6. The third kappa shape index (κ3) is 4.09. The third-order valence-electron chi connectivity index (χ3n) is 3.17. The van der Waals surface area contributed by atoms with Crippen molar-refractivity contribution in [1.29, 1.82) is 0 Å². The number of anilines is 2. The highest BCUT2D eigenvalue weighted by Crippen LogP contribution is 2.15. The van der Waals surface area contributed by atoms with Gasteiger partial charge in [-0.1, -0.05) is 19.1 Å². The van der Waals surface area contributed by atoms with Gasteiger partial charge < -0.3 is 15.4 Å². The Morgan fingerprint density at radius 1 is 0.864 bits per heavy atom. The number of ether oxygens (including phenoxy) is 1. The molecule has 0 aliphatic carbocycles. The molecule has 2 rings (SSSR count). The van der Waals surface area contributed by atoms with Crippen LogP contribution in [0.4, 0.5) is 11.4 Å². The molecule has 0 bridgehead atoms. The van der Waals surface area contributed by atoms with E-state index in [-0.39, 0.29) is 0 Å². The molecule has 0 aliphatic heterocycles. The van der Waals surface area contributed by atoms with E-state index in [2.05, 4.69) is 17.6 Å². The van der Waals surface area contributed by atoms with Gasteiger partial charge in [0.1, 0.15) is 5.75 Å². The molecule has 2 N–H and O–H groups in total. The first kappa shape index (κ1) is 15.6. The number of hydrogen-bond acceptors (Lipinski definition) is 3. The first-order valence-electron chi connectivity index (χ1n) is 6.97. The summed E-state index contributed by atoms with van der Waals surface area (Å²) in [6, 6.07) is 14.1. The summed E-state index contributed by atoms with van der Waals surface area (Å²) < 4.78 is 5.03. The second-order valence-electron chi connectivity index (χ2n) is 4.69. The average molecular weight is 298 g/mol. The van der Waals surface area contributed by atoms with Crippen molar-refractivity contribution in [3.8, 4) is 5.75 Å². The highest BCUT2D eigenvalue weighted by atomic mass is 16.5. The van der Waals surface area contributed by atoms with Gasteiger partial charge >= 0.3 is 11.8 Å². The van der Waals surface area contributed by atoms with Crippen LogP contribution in [0.3, 0.4) is 0 Å². The molecule has 0 radical (unpaired) electrons. The van der Waals surface area contributed by atoms with Crippen LogP contribution >= 0.6 is 0 Å². The molecule has 0 spiro atoms. The maximum atomic E-state index is 11.8. The highest BCUT2D eigenvalue weighted by Gasteiger charge is 2.13. The predicted molar refractivity (Wildman–Crippen MR) is 86.1 cm³/mol. The molecule has 0 unspecified atom stereocenters. The number of aryl methyl sites for hydroxylation is 1. The molecule has 2 aromatic carbocycles. The van der Waals surface area contributed by atoms with Gasteiger partial charge in [-0.15, -0.1) is 0 Å². The Morgan fingerprint density at radius 3 is 1.73 bits per heavy atom.